The number of aromatic nitrogens is 1. The Morgan fingerprint density at radius 1 is 1.32 bits per heavy atom. The second kappa shape index (κ2) is 12.1. The molecule has 3 heterocycles. The van der Waals surface area contributed by atoms with Crippen LogP contribution in [0.1, 0.15) is 42.3 Å². The van der Waals surface area contributed by atoms with Crippen LogP contribution in [-0.4, -0.2) is 73.1 Å². The van der Waals surface area contributed by atoms with Crippen LogP contribution in [0, 0.1) is 0 Å². The van der Waals surface area contributed by atoms with Gasteiger partial charge in [0.05, 0.1) is 25.4 Å². The molecule has 2 aromatic rings. The molecule has 12 heteroatoms. The van der Waals surface area contributed by atoms with Gasteiger partial charge in [-0.15, -0.1) is 11.3 Å². The number of nitrogens with one attached hydrogen (secondary N) is 2. The molecule has 2 unspecified atom stereocenters. The topological polar surface area (TPSA) is 105 Å². The van der Waals surface area contributed by atoms with Gasteiger partial charge in [-0.3, -0.25) is 14.7 Å². The van der Waals surface area contributed by atoms with Gasteiger partial charge in [-0.25, -0.2) is 9.78 Å². The van der Waals surface area contributed by atoms with E-state index in [0.717, 1.165) is 12.8 Å². The summed E-state index contributed by atoms with van der Waals surface area (Å²) in [5, 5.41) is 9.85. The lowest BCUT2D eigenvalue weighted by Crippen LogP contribution is -2.46. The maximum Gasteiger partial charge on any atom is 0.338 e. The monoisotopic (exact) mass is 577 g/mol. The molecule has 9 nitrogen and oxygen atoms in total. The van der Waals surface area contributed by atoms with Crippen molar-refractivity contribution in [2.24, 2.45) is 4.99 Å². The van der Waals surface area contributed by atoms with E-state index in [-0.39, 0.29) is 12.0 Å². The predicted octanol–water partition coefficient (Wildman–Crippen LogP) is 3.73. The quantitative estimate of drug-likeness (QED) is 0.437. The molecular formula is C26H29Cl2N5O4S. The number of nitrogens with zero attached hydrogens (tertiary/aromatic N) is 3. The molecule has 202 valence electrons. The van der Waals surface area contributed by atoms with Crippen molar-refractivity contribution in [3.63, 3.8) is 0 Å². The normalized spacial score (nSPS) is 22.0. The first-order valence-corrected chi connectivity index (χ1v) is 14.2. The Bertz CT molecular complexity index is 1250. The molecule has 2 fully saturated rings. The van der Waals surface area contributed by atoms with Gasteiger partial charge in [0.2, 0.25) is 5.91 Å². The van der Waals surface area contributed by atoms with Gasteiger partial charge >= 0.3 is 5.97 Å². The number of thiazole rings is 1. The molecule has 5 rings (SSSR count). The van der Waals surface area contributed by atoms with Crippen molar-refractivity contribution in [3.8, 4) is 0 Å². The number of morpholine rings is 1. The van der Waals surface area contributed by atoms with Crippen LogP contribution in [0.3, 0.4) is 0 Å². The average molecular weight is 579 g/mol. The smallest absolute Gasteiger partial charge is 0.338 e. The van der Waals surface area contributed by atoms with Gasteiger partial charge in [0.25, 0.3) is 0 Å². The van der Waals surface area contributed by atoms with Crippen LogP contribution >= 0.6 is 34.5 Å². The molecule has 1 saturated carbocycles. The summed E-state index contributed by atoms with van der Waals surface area (Å²) in [6.07, 6.45) is 4.84. The number of carbonyl (C=O) groups excluding carboxylic acids is 2. The number of halogens is 2. The summed E-state index contributed by atoms with van der Waals surface area (Å²) in [6, 6.07) is 4.79. The van der Waals surface area contributed by atoms with Gasteiger partial charge in [0.1, 0.15) is 6.04 Å². The Morgan fingerprint density at radius 3 is 2.87 bits per heavy atom. The Balaban J connectivity index is 1.40. The van der Waals surface area contributed by atoms with Crippen molar-refractivity contribution in [1.82, 2.24) is 20.5 Å². The summed E-state index contributed by atoms with van der Waals surface area (Å²) in [4.78, 5) is 36.8. The van der Waals surface area contributed by atoms with Crippen LogP contribution in [0.4, 0.5) is 0 Å². The molecule has 1 saturated heterocycles. The molecule has 2 atom stereocenters. The minimum absolute atomic E-state index is 0.0739. The highest BCUT2D eigenvalue weighted by atomic mass is 35.5. The summed E-state index contributed by atoms with van der Waals surface area (Å²) in [5.74, 6) is 0.136. The molecule has 3 aliphatic rings. The zero-order valence-electron chi connectivity index (χ0n) is 20.9. The van der Waals surface area contributed by atoms with Crippen LogP contribution < -0.4 is 10.6 Å². The fourth-order valence-electron chi connectivity index (χ4n) is 4.61. The van der Waals surface area contributed by atoms with E-state index in [1.165, 1.54) is 18.4 Å². The Labute approximate surface area is 235 Å². The number of ether oxygens (including phenoxy) is 2. The number of esters is 1. The summed E-state index contributed by atoms with van der Waals surface area (Å²) in [5.41, 5.74) is 1.69. The van der Waals surface area contributed by atoms with Crippen molar-refractivity contribution in [2.75, 3.05) is 33.4 Å². The first kappa shape index (κ1) is 27.1. The first-order chi connectivity index (χ1) is 18.4. The highest BCUT2D eigenvalue weighted by molar-refractivity contribution is 7.11. The van der Waals surface area contributed by atoms with E-state index in [0.29, 0.717) is 82.8 Å². The van der Waals surface area contributed by atoms with Crippen LogP contribution in [0.25, 0.3) is 0 Å². The molecule has 1 amide bonds. The van der Waals surface area contributed by atoms with Gasteiger partial charge in [0, 0.05) is 65.0 Å². The van der Waals surface area contributed by atoms with Crippen molar-refractivity contribution in [3.05, 3.63) is 61.7 Å². The fraction of sp³-hybridized carbons (Fsp3) is 0.462. The number of carbonyl (C=O) groups is 2. The van der Waals surface area contributed by atoms with Crippen LogP contribution in [-0.2, 0) is 19.1 Å². The molecule has 1 aromatic heterocycles. The molecule has 0 radical (unpaired) electrons. The van der Waals surface area contributed by atoms with E-state index in [1.807, 2.05) is 5.38 Å². The number of benzene rings is 1. The van der Waals surface area contributed by atoms with Crippen molar-refractivity contribution in [1.29, 1.82) is 0 Å². The summed E-state index contributed by atoms with van der Waals surface area (Å²) >= 11 is 14.2. The molecule has 38 heavy (non-hydrogen) atoms. The van der Waals surface area contributed by atoms with E-state index >= 15 is 0 Å². The highest BCUT2D eigenvalue weighted by Gasteiger charge is 2.35. The third-order valence-electron chi connectivity index (χ3n) is 6.66. The van der Waals surface area contributed by atoms with Gasteiger partial charge in [-0.2, -0.15) is 0 Å². The average Bonchev–Trinajstić information content (AvgIpc) is 3.54. The molecule has 2 aliphatic heterocycles. The van der Waals surface area contributed by atoms with Gasteiger partial charge in [-0.05, 0) is 31.4 Å². The summed E-state index contributed by atoms with van der Waals surface area (Å²) in [6.45, 7) is 2.28. The van der Waals surface area contributed by atoms with E-state index in [9.17, 15) is 9.59 Å². The fourth-order valence-corrected chi connectivity index (χ4v) is 5.71. The van der Waals surface area contributed by atoms with Gasteiger partial charge in [0.15, 0.2) is 10.8 Å². The third kappa shape index (κ3) is 6.55. The van der Waals surface area contributed by atoms with Crippen LogP contribution in [0.2, 0.25) is 10.0 Å². The predicted molar refractivity (Wildman–Crippen MR) is 147 cm³/mol. The number of amidine groups is 1. The third-order valence-corrected chi connectivity index (χ3v) is 8.01. The Morgan fingerprint density at radius 2 is 2.16 bits per heavy atom. The molecule has 1 aliphatic carbocycles. The second-order valence-electron chi connectivity index (χ2n) is 9.50. The minimum Gasteiger partial charge on any atom is -0.466 e. The maximum atomic E-state index is 13.1. The largest absolute Gasteiger partial charge is 0.466 e. The standard InChI is InChI=1S/C26H29Cl2N5O4S/c1-36-26(35)22-20(14-33-9-10-37-17(13-33)5-7-21(34)30-16-3-4-16)31-24(25-29-8-11-38-25)32-23(22)18-6-2-15(27)12-19(18)28/h2,6,8,11-12,16-17,23H,3-5,7,9-10,13-14H2,1H3,(H,30,34)(H,31,32). The Hall–Kier alpha value is -2.50. The number of amides is 1. The lowest BCUT2D eigenvalue weighted by molar-refractivity contribution is -0.136. The van der Waals surface area contributed by atoms with Gasteiger partial charge in [-0.1, -0.05) is 29.3 Å². The maximum absolute atomic E-state index is 13.1. The van der Waals surface area contributed by atoms with E-state index in [2.05, 4.69) is 20.5 Å². The van der Waals surface area contributed by atoms with E-state index in [4.69, 9.17) is 37.7 Å². The SMILES string of the molecule is COC(=O)C1=C(CN2CCOC(CCC(=O)NC3CC3)C2)NC(c2nccs2)=NC1c1ccc(Cl)cc1Cl. The Kier molecular flexibility index (Phi) is 8.64. The molecular weight excluding hydrogens is 549 g/mol. The van der Waals surface area contributed by atoms with Crippen LogP contribution in [0.15, 0.2) is 46.0 Å². The van der Waals surface area contributed by atoms with E-state index < -0.39 is 12.0 Å². The molecule has 0 spiro atoms. The molecule has 0 bridgehead atoms. The molecule has 1 aromatic carbocycles. The minimum atomic E-state index is -0.703. The van der Waals surface area contributed by atoms with Gasteiger partial charge < -0.3 is 20.1 Å². The molecule has 2 N–H and O–H groups in total. The number of hydrogen-bond acceptors (Lipinski definition) is 9. The van der Waals surface area contributed by atoms with Crippen molar-refractivity contribution >= 4 is 52.3 Å². The number of rotatable bonds is 9. The number of aliphatic imine (C=N–C) groups is 1. The number of hydrogen-bond donors (Lipinski definition) is 2. The second-order valence-corrected chi connectivity index (χ2v) is 11.2. The van der Waals surface area contributed by atoms with E-state index in [1.54, 1.807) is 24.4 Å². The van der Waals surface area contributed by atoms with Crippen molar-refractivity contribution in [2.45, 2.75) is 43.9 Å². The highest BCUT2D eigenvalue weighted by Crippen LogP contribution is 2.37. The lowest BCUT2D eigenvalue weighted by Gasteiger charge is -2.35. The summed E-state index contributed by atoms with van der Waals surface area (Å²) in [7, 11) is 1.35. The zero-order chi connectivity index (χ0) is 26.6. The zero-order valence-corrected chi connectivity index (χ0v) is 23.2. The lowest BCUT2D eigenvalue weighted by atomic mass is 9.95. The number of methoxy groups -OCH3 is 1. The summed E-state index contributed by atoms with van der Waals surface area (Å²) < 4.78 is 11.1. The van der Waals surface area contributed by atoms with Crippen LogP contribution in [0.5, 0.6) is 0 Å². The first-order valence-electron chi connectivity index (χ1n) is 12.6. The van der Waals surface area contributed by atoms with Crippen molar-refractivity contribution < 1.29 is 19.1 Å².